The third-order valence-corrected chi connectivity index (χ3v) is 7.72. The standard InChI is InChI=1S/C26H36ClN6O5P/c1-5-6-7-21(25(34)36-16(2)3)32-39(38-19-10-8-18(27)9-11-19)35-14-20-12-17(4)24(37-20)33-15-30-22-13-29-26(28)31-23(22)33/h8-11,13,15-17,20-21,24,32H,5-7,12,14H2,1-4H3,(H2,28,29,31). The molecule has 0 saturated carbocycles. The molecule has 0 bridgehead atoms. The fourth-order valence-electron chi connectivity index (χ4n) is 4.31. The molecule has 4 rings (SSSR count). The van der Waals surface area contributed by atoms with Crippen LogP contribution in [0.15, 0.2) is 36.8 Å². The molecule has 3 N–H and O–H groups in total. The Morgan fingerprint density at radius 1 is 1.31 bits per heavy atom. The molecule has 13 heteroatoms. The third-order valence-electron chi connectivity index (χ3n) is 6.19. The van der Waals surface area contributed by atoms with Crippen LogP contribution < -0.4 is 15.3 Å². The second-order valence-corrected chi connectivity index (χ2v) is 11.5. The first kappa shape index (κ1) is 29.4. The molecule has 11 nitrogen and oxygen atoms in total. The number of unbranched alkanes of at least 4 members (excludes halogenated alkanes) is 1. The predicted octanol–water partition coefficient (Wildman–Crippen LogP) is 5.41. The van der Waals surface area contributed by atoms with Gasteiger partial charge in [-0.15, -0.1) is 0 Å². The molecule has 0 aliphatic carbocycles. The molecular formula is C26H36ClN6O5P. The highest BCUT2D eigenvalue weighted by Gasteiger charge is 2.36. The summed E-state index contributed by atoms with van der Waals surface area (Å²) < 4.78 is 26.1. The highest BCUT2D eigenvalue weighted by molar-refractivity contribution is 7.45. The number of carbonyl (C=O) groups is 1. The predicted molar refractivity (Wildman–Crippen MR) is 150 cm³/mol. The zero-order chi connectivity index (χ0) is 27.9. The molecule has 1 aliphatic rings. The summed E-state index contributed by atoms with van der Waals surface area (Å²) in [5.74, 6) is 0.597. The second kappa shape index (κ2) is 13.7. The van der Waals surface area contributed by atoms with Gasteiger partial charge in [-0.25, -0.2) is 15.1 Å². The number of hydrogen-bond donors (Lipinski definition) is 2. The van der Waals surface area contributed by atoms with Gasteiger partial charge in [0, 0.05) is 10.9 Å². The lowest BCUT2D eigenvalue weighted by atomic mass is 10.1. The molecule has 1 aromatic carbocycles. The number of anilines is 1. The Morgan fingerprint density at radius 2 is 2.08 bits per heavy atom. The van der Waals surface area contributed by atoms with Crippen molar-refractivity contribution in [2.75, 3.05) is 12.3 Å². The fraction of sp³-hybridized carbons (Fsp3) is 0.538. The number of ether oxygens (including phenoxy) is 2. The molecule has 1 aliphatic heterocycles. The van der Waals surface area contributed by atoms with Crippen LogP contribution in [0.3, 0.4) is 0 Å². The summed E-state index contributed by atoms with van der Waals surface area (Å²) in [6, 6.07) is 6.44. The summed E-state index contributed by atoms with van der Waals surface area (Å²) in [5.41, 5.74) is 7.07. The van der Waals surface area contributed by atoms with Crippen LogP contribution in [0.5, 0.6) is 5.75 Å². The van der Waals surface area contributed by atoms with E-state index >= 15 is 0 Å². The van der Waals surface area contributed by atoms with Crippen molar-refractivity contribution in [2.24, 2.45) is 5.92 Å². The quantitative estimate of drug-likeness (QED) is 0.200. The van der Waals surface area contributed by atoms with Crippen LogP contribution in [-0.4, -0.2) is 50.3 Å². The van der Waals surface area contributed by atoms with Crippen LogP contribution in [0.4, 0.5) is 5.95 Å². The SMILES string of the molecule is CCCCC(NP(OCC1CC(C)C(n2cnc3cnc(N)nc32)O1)Oc1ccc(Cl)cc1)C(=O)OC(C)C. The lowest BCUT2D eigenvalue weighted by Crippen LogP contribution is -2.37. The number of imidazole rings is 1. The van der Waals surface area contributed by atoms with Crippen LogP contribution in [-0.2, 0) is 18.8 Å². The summed E-state index contributed by atoms with van der Waals surface area (Å²) in [7, 11) is -1.71. The van der Waals surface area contributed by atoms with Crippen molar-refractivity contribution in [3.63, 3.8) is 0 Å². The number of halogens is 1. The molecule has 5 atom stereocenters. The molecule has 2 aromatic heterocycles. The number of nitrogens with two attached hydrogens (primary N) is 1. The van der Waals surface area contributed by atoms with Crippen LogP contribution in [0.1, 0.15) is 59.6 Å². The Kier molecular flexibility index (Phi) is 10.3. The summed E-state index contributed by atoms with van der Waals surface area (Å²) in [4.78, 5) is 25.6. The van der Waals surface area contributed by atoms with Gasteiger partial charge in [-0.1, -0.05) is 38.3 Å². The largest absolute Gasteiger partial charge is 0.462 e. The molecule has 3 heterocycles. The van der Waals surface area contributed by atoms with E-state index in [1.54, 1.807) is 36.8 Å². The number of esters is 1. The van der Waals surface area contributed by atoms with Gasteiger partial charge in [0.2, 0.25) is 5.95 Å². The van der Waals surface area contributed by atoms with E-state index in [1.165, 1.54) is 0 Å². The van der Waals surface area contributed by atoms with Gasteiger partial charge < -0.3 is 24.3 Å². The smallest absolute Gasteiger partial charge is 0.323 e. The lowest BCUT2D eigenvalue weighted by molar-refractivity contribution is -0.149. The van der Waals surface area contributed by atoms with E-state index in [2.05, 4.69) is 33.9 Å². The van der Waals surface area contributed by atoms with E-state index in [9.17, 15) is 4.79 Å². The minimum Gasteiger partial charge on any atom is -0.462 e. The van der Waals surface area contributed by atoms with Gasteiger partial charge in [0.15, 0.2) is 5.65 Å². The molecule has 1 saturated heterocycles. The van der Waals surface area contributed by atoms with Crippen LogP contribution >= 0.6 is 20.1 Å². The molecule has 0 amide bonds. The van der Waals surface area contributed by atoms with Gasteiger partial charge in [0.1, 0.15) is 23.5 Å². The number of rotatable bonds is 13. The van der Waals surface area contributed by atoms with Crippen molar-refractivity contribution in [3.8, 4) is 5.75 Å². The number of nitrogens with one attached hydrogen (secondary N) is 1. The Bertz CT molecular complexity index is 1230. The normalized spacial score (nSPS) is 20.8. The zero-order valence-electron chi connectivity index (χ0n) is 22.6. The van der Waals surface area contributed by atoms with E-state index in [1.807, 2.05) is 18.4 Å². The van der Waals surface area contributed by atoms with Gasteiger partial charge in [-0.05, 0) is 51.0 Å². The molecule has 39 heavy (non-hydrogen) atoms. The van der Waals surface area contributed by atoms with Gasteiger partial charge >= 0.3 is 14.5 Å². The van der Waals surface area contributed by atoms with E-state index in [0.29, 0.717) is 28.4 Å². The summed E-state index contributed by atoms with van der Waals surface area (Å²) >= 11 is 6.05. The average molecular weight is 579 g/mol. The molecule has 1 fully saturated rings. The first-order valence-electron chi connectivity index (χ1n) is 13.2. The van der Waals surface area contributed by atoms with E-state index < -0.39 is 14.6 Å². The Hall–Kier alpha value is -2.56. The number of benzene rings is 1. The number of aromatic nitrogens is 4. The fourth-order valence-corrected chi connectivity index (χ4v) is 5.72. The summed E-state index contributed by atoms with van der Waals surface area (Å²) in [5, 5.41) is 3.87. The molecule has 0 spiro atoms. The highest BCUT2D eigenvalue weighted by atomic mass is 35.5. The molecule has 0 radical (unpaired) electrons. The Labute approximate surface area is 234 Å². The summed E-state index contributed by atoms with van der Waals surface area (Å²) in [6.45, 7) is 8.10. The van der Waals surface area contributed by atoms with E-state index in [-0.39, 0.29) is 42.9 Å². The Morgan fingerprint density at radius 3 is 2.79 bits per heavy atom. The molecule has 5 unspecified atom stereocenters. The van der Waals surface area contributed by atoms with Crippen molar-refractivity contribution >= 4 is 43.2 Å². The van der Waals surface area contributed by atoms with Crippen molar-refractivity contribution in [1.82, 2.24) is 24.6 Å². The third kappa shape index (κ3) is 7.99. The van der Waals surface area contributed by atoms with Crippen LogP contribution in [0, 0.1) is 5.92 Å². The summed E-state index contributed by atoms with van der Waals surface area (Å²) in [6.07, 6.45) is 5.73. The maximum absolute atomic E-state index is 12.8. The van der Waals surface area contributed by atoms with Crippen molar-refractivity contribution < 1.29 is 23.3 Å². The first-order chi connectivity index (χ1) is 18.7. The minimum atomic E-state index is -1.71. The van der Waals surface area contributed by atoms with Crippen LogP contribution in [0.2, 0.25) is 5.02 Å². The number of nitrogens with zero attached hydrogens (tertiary/aromatic N) is 4. The van der Waals surface area contributed by atoms with Crippen molar-refractivity contribution in [3.05, 3.63) is 41.8 Å². The average Bonchev–Trinajstić information content (AvgIpc) is 3.47. The Balaban J connectivity index is 1.45. The van der Waals surface area contributed by atoms with Crippen molar-refractivity contribution in [1.29, 1.82) is 0 Å². The lowest BCUT2D eigenvalue weighted by Gasteiger charge is -2.25. The first-order valence-corrected chi connectivity index (χ1v) is 14.7. The number of fused-ring (bicyclic) bond motifs is 1. The zero-order valence-corrected chi connectivity index (χ0v) is 24.3. The number of carbonyl (C=O) groups excluding carboxylic acids is 1. The van der Waals surface area contributed by atoms with E-state index in [4.69, 9.17) is 35.9 Å². The molecule has 3 aromatic rings. The molecular weight excluding hydrogens is 543 g/mol. The van der Waals surface area contributed by atoms with Gasteiger partial charge in [0.05, 0.1) is 31.3 Å². The van der Waals surface area contributed by atoms with Crippen LogP contribution in [0.25, 0.3) is 11.2 Å². The van der Waals surface area contributed by atoms with Gasteiger partial charge in [-0.3, -0.25) is 9.36 Å². The maximum atomic E-state index is 12.8. The van der Waals surface area contributed by atoms with E-state index in [0.717, 1.165) is 19.3 Å². The van der Waals surface area contributed by atoms with Gasteiger partial charge in [-0.2, -0.15) is 4.98 Å². The highest BCUT2D eigenvalue weighted by Crippen LogP contribution is 2.41. The number of nitrogen functional groups attached to an aromatic ring is 1. The maximum Gasteiger partial charge on any atom is 0.323 e. The monoisotopic (exact) mass is 578 g/mol. The number of hydrogen-bond acceptors (Lipinski definition) is 10. The van der Waals surface area contributed by atoms with Crippen molar-refractivity contribution in [2.45, 2.75) is 77.9 Å². The van der Waals surface area contributed by atoms with Gasteiger partial charge in [0.25, 0.3) is 0 Å². The topological polar surface area (TPSA) is 136 Å². The molecule has 212 valence electrons. The minimum absolute atomic E-state index is 0.168. The second-order valence-electron chi connectivity index (χ2n) is 9.86.